The van der Waals surface area contributed by atoms with Crippen molar-refractivity contribution in [2.24, 2.45) is 0 Å². The number of rotatable bonds is 10. The topological polar surface area (TPSA) is 110 Å². The Hall–Kier alpha value is -3.37. The lowest BCUT2D eigenvalue weighted by molar-refractivity contribution is -0.120. The fraction of sp³-hybridized carbons (Fsp3) is 0.269. The van der Waals surface area contributed by atoms with Gasteiger partial charge in [0.15, 0.2) is 9.84 Å². The molecule has 0 saturated carbocycles. The minimum absolute atomic E-state index is 0.0425. The van der Waals surface area contributed by atoms with Crippen LogP contribution in [0.25, 0.3) is 0 Å². The van der Waals surface area contributed by atoms with Gasteiger partial charge in [0.25, 0.3) is 10.0 Å². The van der Waals surface area contributed by atoms with Gasteiger partial charge in [-0.1, -0.05) is 37.3 Å². The molecular weight excluding hydrogens is 500 g/mol. The molecule has 0 heterocycles. The van der Waals surface area contributed by atoms with Gasteiger partial charge in [-0.2, -0.15) is 0 Å². The number of hydrogen-bond donors (Lipinski definition) is 1. The Bertz CT molecular complexity index is 1420. The summed E-state index contributed by atoms with van der Waals surface area (Å²) < 4.78 is 57.1. The van der Waals surface area contributed by atoms with Crippen molar-refractivity contribution in [3.8, 4) is 5.75 Å². The van der Waals surface area contributed by atoms with Crippen molar-refractivity contribution in [1.82, 2.24) is 5.32 Å². The minimum atomic E-state index is -4.08. The van der Waals surface area contributed by atoms with Crippen LogP contribution < -0.4 is 14.4 Å². The van der Waals surface area contributed by atoms with E-state index >= 15 is 0 Å². The van der Waals surface area contributed by atoms with Crippen LogP contribution in [-0.4, -0.2) is 42.7 Å². The number of aryl methyl sites for hydroxylation is 1. The first kappa shape index (κ1) is 27.2. The van der Waals surface area contributed by atoms with E-state index in [2.05, 4.69) is 5.32 Å². The number of benzene rings is 3. The third-order valence-electron chi connectivity index (χ3n) is 5.74. The summed E-state index contributed by atoms with van der Waals surface area (Å²) in [5.41, 5.74) is 1.73. The van der Waals surface area contributed by atoms with Crippen LogP contribution in [0, 0.1) is 6.92 Å². The first-order valence-corrected chi connectivity index (χ1v) is 14.6. The van der Waals surface area contributed by atoms with Crippen LogP contribution in [0.4, 0.5) is 5.69 Å². The van der Waals surface area contributed by atoms with Gasteiger partial charge in [-0.15, -0.1) is 0 Å². The van der Waals surface area contributed by atoms with E-state index in [1.165, 1.54) is 31.4 Å². The van der Waals surface area contributed by atoms with Crippen LogP contribution in [0.15, 0.2) is 82.6 Å². The zero-order valence-electron chi connectivity index (χ0n) is 20.6. The summed E-state index contributed by atoms with van der Waals surface area (Å²) in [4.78, 5) is 13.3. The Kier molecular flexibility index (Phi) is 8.42. The zero-order valence-corrected chi connectivity index (χ0v) is 22.3. The number of amides is 1. The molecule has 3 aromatic carbocycles. The summed E-state index contributed by atoms with van der Waals surface area (Å²) in [6, 6.07) is 18.8. The van der Waals surface area contributed by atoms with Gasteiger partial charge in [0.05, 0.1) is 28.6 Å². The van der Waals surface area contributed by atoms with Crippen molar-refractivity contribution in [3.63, 3.8) is 0 Å². The number of anilines is 1. The van der Waals surface area contributed by atoms with Crippen LogP contribution in [-0.2, 0) is 24.7 Å². The molecular formula is C26H30N2O6S2. The Balaban J connectivity index is 1.89. The number of nitrogens with one attached hydrogen (secondary N) is 1. The third kappa shape index (κ3) is 6.24. The lowest BCUT2D eigenvalue weighted by Gasteiger charge is -2.26. The van der Waals surface area contributed by atoms with Crippen molar-refractivity contribution in [3.05, 3.63) is 83.9 Å². The first-order valence-electron chi connectivity index (χ1n) is 11.3. The number of carbonyl (C=O) groups excluding carboxylic acids is 1. The Morgan fingerprint density at radius 1 is 0.944 bits per heavy atom. The van der Waals surface area contributed by atoms with Gasteiger partial charge >= 0.3 is 0 Å². The fourth-order valence-corrected chi connectivity index (χ4v) is 5.92. The normalized spacial score (nSPS) is 12.6. The minimum Gasteiger partial charge on any atom is -0.496 e. The molecule has 1 atom stereocenters. The summed E-state index contributed by atoms with van der Waals surface area (Å²) in [7, 11) is -5.91. The standard InChI is InChI=1S/C26H30N2O6S2/c1-5-24(20-11-13-22(14-12-20)35(4,30)31)27-26(29)18-28(21-9-7-6-8-10-21)36(32,33)23-15-16-25(34-3)19(2)17-23/h6-17,24H,5,18H2,1-4H3,(H,27,29). The van der Waals surface area contributed by atoms with Crippen LogP contribution in [0.3, 0.4) is 0 Å². The maximum Gasteiger partial charge on any atom is 0.264 e. The highest BCUT2D eigenvalue weighted by molar-refractivity contribution is 7.93. The van der Waals surface area contributed by atoms with Gasteiger partial charge in [-0.25, -0.2) is 16.8 Å². The number of methoxy groups -OCH3 is 1. The molecule has 0 aliphatic carbocycles. The summed E-state index contributed by atoms with van der Waals surface area (Å²) >= 11 is 0. The molecule has 0 saturated heterocycles. The van der Waals surface area contributed by atoms with Crippen molar-refractivity contribution in [2.75, 3.05) is 24.2 Å². The van der Waals surface area contributed by atoms with E-state index in [1.807, 2.05) is 6.92 Å². The molecule has 0 fully saturated rings. The predicted octanol–water partition coefficient (Wildman–Crippen LogP) is 3.87. The molecule has 0 radical (unpaired) electrons. The van der Waals surface area contributed by atoms with Gasteiger partial charge in [0, 0.05) is 6.26 Å². The number of para-hydroxylation sites is 1. The van der Waals surface area contributed by atoms with Gasteiger partial charge in [-0.05, 0) is 66.9 Å². The molecule has 36 heavy (non-hydrogen) atoms. The molecule has 192 valence electrons. The summed E-state index contributed by atoms with van der Waals surface area (Å²) in [5.74, 6) is 0.0670. The zero-order chi connectivity index (χ0) is 26.5. The lowest BCUT2D eigenvalue weighted by Crippen LogP contribution is -2.42. The van der Waals surface area contributed by atoms with Gasteiger partial charge in [0.1, 0.15) is 12.3 Å². The molecule has 10 heteroatoms. The number of nitrogens with zero attached hydrogens (tertiary/aromatic N) is 1. The largest absolute Gasteiger partial charge is 0.496 e. The lowest BCUT2D eigenvalue weighted by atomic mass is 10.0. The fourth-order valence-electron chi connectivity index (χ4n) is 3.79. The van der Waals surface area contributed by atoms with Gasteiger partial charge in [0.2, 0.25) is 5.91 Å². The van der Waals surface area contributed by atoms with E-state index in [9.17, 15) is 21.6 Å². The van der Waals surface area contributed by atoms with Crippen molar-refractivity contribution >= 4 is 31.5 Å². The molecule has 8 nitrogen and oxygen atoms in total. The van der Waals surface area contributed by atoms with E-state index in [0.29, 0.717) is 23.4 Å². The van der Waals surface area contributed by atoms with E-state index < -0.39 is 38.4 Å². The monoisotopic (exact) mass is 530 g/mol. The van der Waals surface area contributed by atoms with E-state index in [0.717, 1.165) is 16.1 Å². The van der Waals surface area contributed by atoms with E-state index in [-0.39, 0.29) is 9.79 Å². The number of sulfone groups is 1. The van der Waals surface area contributed by atoms with Crippen molar-refractivity contribution < 1.29 is 26.4 Å². The third-order valence-corrected chi connectivity index (χ3v) is 8.64. The van der Waals surface area contributed by atoms with Crippen LogP contribution in [0.5, 0.6) is 5.75 Å². The van der Waals surface area contributed by atoms with E-state index in [4.69, 9.17) is 4.74 Å². The Morgan fingerprint density at radius 3 is 2.08 bits per heavy atom. The van der Waals surface area contributed by atoms with Crippen LogP contribution >= 0.6 is 0 Å². The van der Waals surface area contributed by atoms with E-state index in [1.54, 1.807) is 55.5 Å². The second-order valence-corrected chi connectivity index (χ2v) is 12.2. The highest BCUT2D eigenvalue weighted by Gasteiger charge is 2.28. The van der Waals surface area contributed by atoms with Crippen molar-refractivity contribution in [1.29, 1.82) is 0 Å². The smallest absolute Gasteiger partial charge is 0.264 e. The number of ether oxygens (including phenoxy) is 1. The Labute approximate surface area is 212 Å². The highest BCUT2D eigenvalue weighted by atomic mass is 32.2. The van der Waals surface area contributed by atoms with Crippen LogP contribution in [0.1, 0.15) is 30.5 Å². The van der Waals surface area contributed by atoms with Crippen LogP contribution in [0.2, 0.25) is 0 Å². The average molecular weight is 531 g/mol. The number of hydrogen-bond acceptors (Lipinski definition) is 6. The quantitative estimate of drug-likeness (QED) is 0.426. The average Bonchev–Trinajstić information content (AvgIpc) is 2.85. The molecule has 0 bridgehead atoms. The molecule has 1 unspecified atom stereocenters. The summed E-state index contributed by atoms with van der Waals surface area (Å²) in [5, 5.41) is 2.88. The highest BCUT2D eigenvalue weighted by Crippen LogP contribution is 2.27. The second-order valence-electron chi connectivity index (χ2n) is 8.35. The summed E-state index contributed by atoms with van der Waals surface area (Å²) in [6.45, 7) is 3.19. The van der Waals surface area contributed by atoms with Crippen molar-refractivity contribution in [2.45, 2.75) is 36.1 Å². The second kappa shape index (κ2) is 11.1. The SMILES string of the molecule is CCC(NC(=O)CN(c1ccccc1)S(=O)(=O)c1ccc(OC)c(C)c1)c1ccc(S(C)(=O)=O)cc1. The molecule has 3 rings (SSSR count). The maximum absolute atomic E-state index is 13.6. The molecule has 1 amide bonds. The van der Waals surface area contributed by atoms with Gasteiger partial charge in [-0.3, -0.25) is 9.10 Å². The van der Waals surface area contributed by atoms with Gasteiger partial charge < -0.3 is 10.1 Å². The molecule has 0 aromatic heterocycles. The molecule has 0 aliphatic rings. The molecule has 1 N–H and O–H groups in total. The molecule has 0 aliphatic heterocycles. The first-order chi connectivity index (χ1) is 17.0. The number of sulfonamides is 1. The number of carbonyl (C=O) groups is 1. The molecule has 3 aromatic rings. The summed E-state index contributed by atoms with van der Waals surface area (Å²) in [6.07, 6.45) is 1.66. The maximum atomic E-state index is 13.6. The molecule has 0 spiro atoms. The Morgan fingerprint density at radius 2 is 1.56 bits per heavy atom. The predicted molar refractivity (Wildman–Crippen MR) is 139 cm³/mol.